The van der Waals surface area contributed by atoms with Crippen LogP contribution >= 0.6 is 0 Å². The van der Waals surface area contributed by atoms with Crippen molar-refractivity contribution >= 4 is 0 Å². The molecule has 0 aliphatic carbocycles. The highest BCUT2D eigenvalue weighted by atomic mass is 16.3. The van der Waals surface area contributed by atoms with Crippen LogP contribution < -0.4 is 0 Å². The van der Waals surface area contributed by atoms with E-state index in [-0.39, 0.29) is 6.10 Å². The molecule has 27 heavy (non-hydrogen) atoms. The van der Waals surface area contributed by atoms with Gasteiger partial charge in [-0.2, -0.15) is 5.10 Å². The molecular weight excluding hydrogens is 336 g/mol. The number of likely N-dealkylation sites (tertiary alicyclic amines) is 1. The first kappa shape index (κ1) is 20.1. The summed E-state index contributed by atoms with van der Waals surface area (Å²) < 4.78 is 1.90. The van der Waals surface area contributed by atoms with Gasteiger partial charge in [0.05, 0.1) is 12.3 Å². The molecule has 2 aromatic rings. The van der Waals surface area contributed by atoms with Crippen molar-refractivity contribution in [1.29, 1.82) is 0 Å². The molecule has 0 amide bonds. The molecule has 1 aliphatic rings. The predicted octanol–water partition coefficient (Wildman–Crippen LogP) is 2.73. The van der Waals surface area contributed by atoms with E-state index < -0.39 is 0 Å². The Kier molecular flexibility index (Phi) is 7.05. The van der Waals surface area contributed by atoms with E-state index in [4.69, 9.17) is 0 Å². The topological polar surface area (TPSA) is 44.5 Å². The van der Waals surface area contributed by atoms with E-state index in [0.29, 0.717) is 24.9 Å². The molecule has 1 aromatic heterocycles. The van der Waals surface area contributed by atoms with Crippen molar-refractivity contribution in [3.05, 3.63) is 53.9 Å². The van der Waals surface area contributed by atoms with Gasteiger partial charge in [0.2, 0.25) is 0 Å². The number of rotatable bonds is 8. The number of hydrogen-bond donors (Lipinski definition) is 1. The Morgan fingerprint density at radius 2 is 2.07 bits per heavy atom. The molecule has 1 aliphatic heterocycles. The van der Waals surface area contributed by atoms with Gasteiger partial charge in [0, 0.05) is 37.9 Å². The monoisotopic (exact) mass is 370 g/mol. The normalized spacial score (nSPS) is 22.3. The van der Waals surface area contributed by atoms with Crippen LogP contribution in [0, 0.1) is 5.92 Å². The number of aliphatic hydroxyl groups excluding tert-OH is 1. The molecule has 3 rings (SSSR count). The van der Waals surface area contributed by atoms with Crippen molar-refractivity contribution in [2.75, 3.05) is 33.2 Å². The summed E-state index contributed by atoms with van der Waals surface area (Å²) in [7, 11) is 4.13. The van der Waals surface area contributed by atoms with Crippen molar-refractivity contribution in [2.45, 2.75) is 38.3 Å². The second-order valence-corrected chi connectivity index (χ2v) is 7.99. The van der Waals surface area contributed by atoms with Crippen LogP contribution in [0.1, 0.15) is 36.9 Å². The molecule has 5 heteroatoms. The minimum absolute atomic E-state index is 0.333. The SMILES string of the molecule is CCN1CCC[C@@H](CN(C)C[C@H](O)Cc2ccccc2)[C@@H]1c1cnn(C)c1. The lowest BCUT2D eigenvalue weighted by molar-refractivity contribution is 0.0599. The summed E-state index contributed by atoms with van der Waals surface area (Å²) in [6.45, 7) is 6.18. The van der Waals surface area contributed by atoms with Gasteiger partial charge in [-0.1, -0.05) is 37.3 Å². The first-order valence-corrected chi connectivity index (χ1v) is 10.2. The first-order chi connectivity index (χ1) is 13.1. The van der Waals surface area contributed by atoms with Gasteiger partial charge in [-0.05, 0) is 50.9 Å². The van der Waals surface area contributed by atoms with Gasteiger partial charge in [-0.3, -0.25) is 9.58 Å². The Morgan fingerprint density at radius 1 is 1.30 bits per heavy atom. The molecule has 0 unspecified atom stereocenters. The second kappa shape index (κ2) is 9.49. The molecular formula is C22H34N4O. The van der Waals surface area contributed by atoms with Crippen LogP contribution in [0.2, 0.25) is 0 Å². The maximum absolute atomic E-state index is 10.5. The molecule has 0 bridgehead atoms. The minimum atomic E-state index is -0.333. The fourth-order valence-electron chi connectivity index (χ4n) is 4.56. The van der Waals surface area contributed by atoms with E-state index in [0.717, 1.165) is 19.6 Å². The first-order valence-electron chi connectivity index (χ1n) is 10.2. The van der Waals surface area contributed by atoms with Crippen LogP contribution in [0.5, 0.6) is 0 Å². The van der Waals surface area contributed by atoms with Crippen molar-refractivity contribution < 1.29 is 5.11 Å². The van der Waals surface area contributed by atoms with Crippen molar-refractivity contribution in [3.63, 3.8) is 0 Å². The number of hydrogen-bond acceptors (Lipinski definition) is 4. The molecule has 1 fully saturated rings. The van der Waals surface area contributed by atoms with Gasteiger partial charge in [-0.25, -0.2) is 0 Å². The number of piperidine rings is 1. The Bertz CT molecular complexity index is 687. The zero-order chi connectivity index (χ0) is 19.2. The summed E-state index contributed by atoms with van der Waals surface area (Å²) in [5.41, 5.74) is 2.52. The Hall–Kier alpha value is -1.69. The third-order valence-electron chi connectivity index (χ3n) is 5.72. The lowest BCUT2D eigenvalue weighted by Crippen LogP contribution is -2.44. The van der Waals surface area contributed by atoms with E-state index in [2.05, 4.69) is 47.2 Å². The average molecular weight is 371 g/mol. The number of nitrogens with zero attached hydrogens (tertiary/aromatic N) is 4. The third kappa shape index (κ3) is 5.41. The van der Waals surface area contributed by atoms with E-state index in [1.165, 1.54) is 24.0 Å². The zero-order valence-corrected chi connectivity index (χ0v) is 17.0. The van der Waals surface area contributed by atoms with Crippen molar-refractivity contribution in [3.8, 4) is 0 Å². The second-order valence-electron chi connectivity index (χ2n) is 7.99. The summed E-state index contributed by atoms with van der Waals surface area (Å²) in [6, 6.07) is 10.7. The highest BCUT2D eigenvalue weighted by Crippen LogP contribution is 2.36. The highest BCUT2D eigenvalue weighted by Gasteiger charge is 2.33. The van der Waals surface area contributed by atoms with Crippen LogP contribution in [0.25, 0.3) is 0 Å². The molecule has 148 valence electrons. The smallest absolute Gasteiger partial charge is 0.0707 e. The predicted molar refractivity (Wildman–Crippen MR) is 110 cm³/mol. The Balaban J connectivity index is 1.61. The number of aryl methyl sites for hydroxylation is 1. The van der Waals surface area contributed by atoms with Gasteiger partial charge in [0.15, 0.2) is 0 Å². The maximum atomic E-state index is 10.5. The Labute approximate surface area is 163 Å². The Morgan fingerprint density at radius 3 is 2.74 bits per heavy atom. The lowest BCUT2D eigenvalue weighted by atomic mass is 9.85. The van der Waals surface area contributed by atoms with Gasteiger partial charge in [0.25, 0.3) is 0 Å². The van der Waals surface area contributed by atoms with Crippen LogP contribution in [0.4, 0.5) is 0 Å². The maximum Gasteiger partial charge on any atom is 0.0707 e. The van der Waals surface area contributed by atoms with Gasteiger partial charge in [-0.15, -0.1) is 0 Å². The van der Waals surface area contributed by atoms with Crippen molar-refractivity contribution in [2.24, 2.45) is 13.0 Å². The van der Waals surface area contributed by atoms with E-state index >= 15 is 0 Å². The minimum Gasteiger partial charge on any atom is -0.391 e. The van der Waals surface area contributed by atoms with E-state index in [1.807, 2.05) is 36.1 Å². The molecule has 0 saturated carbocycles. The van der Waals surface area contributed by atoms with Crippen LogP contribution in [0.15, 0.2) is 42.7 Å². The van der Waals surface area contributed by atoms with E-state index in [9.17, 15) is 5.11 Å². The summed E-state index contributed by atoms with van der Waals surface area (Å²) in [5, 5.41) is 14.9. The number of aliphatic hydroxyl groups is 1. The molecule has 0 radical (unpaired) electrons. The number of aromatic nitrogens is 2. The summed E-state index contributed by atoms with van der Waals surface area (Å²) >= 11 is 0. The van der Waals surface area contributed by atoms with Crippen molar-refractivity contribution in [1.82, 2.24) is 19.6 Å². The fraction of sp³-hybridized carbons (Fsp3) is 0.591. The number of benzene rings is 1. The molecule has 1 N–H and O–H groups in total. The highest BCUT2D eigenvalue weighted by molar-refractivity contribution is 5.16. The van der Waals surface area contributed by atoms with Gasteiger partial charge in [0.1, 0.15) is 0 Å². The zero-order valence-electron chi connectivity index (χ0n) is 17.0. The molecule has 1 aromatic carbocycles. The van der Waals surface area contributed by atoms with Gasteiger partial charge >= 0.3 is 0 Å². The van der Waals surface area contributed by atoms with Gasteiger partial charge < -0.3 is 10.0 Å². The molecule has 2 heterocycles. The summed E-state index contributed by atoms with van der Waals surface area (Å²) in [5.74, 6) is 0.567. The number of likely N-dealkylation sites (N-methyl/N-ethyl adjacent to an activating group) is 1. The fourth-order valence-corrected chi connectivity index (χ4v) is 4.56. The largest absolute Gasteiger partial charge is 0.391 e. The average Bonchev–Trinajstić information content (AvgIpc) is 3.08. The molecule has 1 saturated heterocycles. The lowest BCUT2D eigenvalue weighted by Gasteiger charge is -2.42. The van der Waals surface area contributed by atoms with Crippen LogP contribution in [0.3, 0.4) is 0 Å². The third-order valence-corrected chi connectivity index (χ3v) is 5.72. The van der Waals surface area contributed by atoms with Crippen LogP contribution in [-0.2, 0) is 13.5 Å². The molecule has 0 spiro atoms. The van der Waals surface area contributed by atoms with Crippen LogP contribution in [-0.4, -0.2) is 64.0 Å². The quantitative estimate of drug-likeness (QED) is 0.776. The standard InChI is InChI=1S/C22H34N4O/c1-4-26-12-8-11-19(22(26)20-14-23-25(3)16-20)15-24(2)17-21(27)13-18-9-6-5-7-10-18/h5-7,9-10,14,16,19,21-22,27H,4,8,11-13,15,17H2,1-3H3/t19-,21+,22+/m0/s1. The molecule has 5 nitrogen and oxygen atoms in total. The molecule has 3 atom stereocenters. The summed E-state index contributed by atoms with van der Waals surface area (Å²) in [6.07, 6.45) is 7.04. The summed E-state index contributed by atoms with van der Waals surface area (Å²) in [4.78, 5) is 4.89. The van der Waals surface area contributed by atoms with E-state index in [1.54, 1.807) is 0 Å².